The smallest absolute Gasteiger partial charge is 0.222 e. The van der Waals surface area contributed by atoms with Crippen molar-refractivity contribution < 1.29 is 14.3 Å². The molecule has 0 aliphatic carbocycles. The van der Waals surface area contributed by atoms with E-state index in [0.717, 1.165) is 12.8 Å². The van der Waals surface area contributed by atoms with Crippen LogP contribution in [-0.2, 0) is 11.2 Å². The van der Waals surface area contributed by atoms with E-state index in [4.69, 9.17) is 9.47 Å². The molecule has 0 aliphatic rings. The summed E-state index contributed by atoms with van der Waals surface area (Å²) in [5.74, 6) is 1.55. The second-order valence-corrected chi connectivity index (χ2v) is 5.65. The molecule has 0 aliphatic heterocycles. The van der Waals surface area contributed by atoms with Crippen molar-refractivity contribution in [3.05, 3.63) is 60.2 Å². The minimum atomic E-state index is 0.148. The van der Waals surface area contributed by atoms with Crippen LogP contribution in [0.25, 0.3) is 0 Å². The summed E-state index contributed by atoms with van der Waals surface area (Å²) in [5, 5.41) is 0. The Morgan fingerprint density at radius 3 is 2.38 bits per heavy atom. The average molecular weight is 327 g/mol. The van der Waals surface area contributed by atoms with Gasteiger partial charge in [-0.2, -0.15) is 0 Å². The van der Waals surface area contributed by atoms with Crippen LogP contribution in [0.2, 0.25) is 0 Å². The van der Waals surface area contributed by atoms with Gasteiger partial charge in [0.25, 0.3) is 0 Å². The summed E-state index contributed by atoms with van der Waals surface area (Å²) in [5.41, 5.74) is 1.27. The van der Waals surface area contributed by atoms with Crippen LogP contribution in [0.3, 0.4) is 0 Å². The number of carbonyl (C=O) groups is 1. The Morgan fingerprint density at radius 1 is 1.00 bits per heavy atom. The zero-order valence-electron chi connectivity index (χ0n) is 14.4. The number of carbonyl (C=O) groups excluding carboxylic acids is 1. The normalized spacial score (nSPS) is 10.2. The van der Waals surface area contributed by atoms with E-state index in [1.807, 2.05) is 49.5 Å². The molecular weight excluding hydrogens is 302 g/mol. The van der Waals surface area contributed by atoms with Crippen molar-refractivity contribution in [3.63, 3.8) is 0 Å². The van der Waals surface area contributed by atoms with Crippen LogP contribution in [0.15, 0.2) is 54.6 Å². The molecule has 1 amide bonds. The minimum Gasteiger partial charge on any atom is -0.493 e. The molecule has 0 fully saturated rings. The Balaban J connectivity index is 1.68. The van der Waals surface area contributed by atoms with Gasteiger partial charge in [-0.3, -0.25) is 4.79 Å². The molecule has 0 saturated carbocycles. The van der Waals surface area contributed by atoms with E-state index in [2.05, 4.69) is 12.1 Å². The number of nitrogens with zero attached hydrogens (tertiary/aromatic N) is 1. The second-order valence-electron chi connectivity index (χ2n) is 5.65. The van der Waals surface area contributed by atoms with E-state index in [9.17, 15) is 4.79 Å². The van der Waals surface area contributed by atoms with E-state index < -0.39 is 0 Å². The third kappa shape index (κ3) is 5.61. The molecular formula is C20H25NO3. The first kappa shape index (κ1) is 17.9. The second kappa shape index (κ2) is 9.60. The maximum absolute atomic E-state index is 12.1. The summed E-state index contributed by atoms with van der Waals surface area (Å²) in [7, 11) is 3.43. The van der Waals surface area contributed by atoms with Crippen LogP contribution in [0, 0.1) is 0 Å². The predicted molar refractivity (Wildman–Crippen MR) is 95.5 cm³/mol. The molecule has 4 heteroatoms. The first-order chi connectivity index (χ1) is 11.7. The van der Waals surface area contributed by atoms with Gasteiger partial charge in [0.1, 0.15) is 6.61 Å². The van der Waals surface area contributed by atoms with E-state index in [1.165, 1.54) is 5.56 Å². The first-order valence-electron chi connectivity index (χ1n) is 8.24. The zero-order valence-corrected chi connectivity index (χ0v) is 14.4. The van der Waals surface area contributed by atoms with Gasteiger partial charge in [-0.1, -0.05) is 42.5 Å². The van der Waals surface area contributed by atoms with Crippen LogP contribution in [0.5, 0.6) is 11.5 Å². The lowest BCUT2D eigenvalue weighted by atomic mass is 10.1. The molecule has 2 aromatic rings. The van der Waals surface area contributed by atoms with Gasteiger partial charge in [-0.15, -0.1) is 0 Å². The number of hydrogen-bond acceptors (Lipinski definition) is 3. The molecule has 0 aromatic heterocycles. The molecule has 0 heterocycles. The van der Waals surface area contributed by atoms with Crippen molar-refractivity contribution in [2.45, 2.75) is 19.3 Å². The fourth-order valence-electron chi connectivity index (χ4n) is 2.43. The summed E-state index contributed by atoms with van der Waals surface area (Å²) < 4.78 is 10.9. The highest BCUT2D eigenvalue weighted by atomic mass is 16.5. The summed E-state index contributed by atoms with van der Waals surface area (Å²) in [4.78, 5) is 13.9. The summed E-state index contributed by atoms with van der Waals surface area (Å²) in [6.45, 7) is 1.00. The van der Waals surface area contributed by atoms with E-state index in [1.54, 1.807) is 12.0 Å². The van der Waals surface area contributed by atoms with Gasteiger partial charge >= 0.3 is 0 Å². The van der Waals surface area contributed by atoms with Gasteiger partial charge in [0.15, 0.2) is 11.5 Å². The van der Waals surface area contributed by atoms with Gasteiger partial charge < -0.3 is 14.4 Å². The number of hydrogen-bond donors (Lipinski definition) is 0. The van der Waals surface area contributed by atoms with Crippen LogP contribution in [-0.4, -0.2) is 38.1 Å². The van der Waals surface area contributed by atoms with E-state index >= 15 is 0 Å². The van der Waals surface area contributed by atoms with Crippen molar-refractivity contribution in [2.24, 2.45) is 0 Å². The van der Waals surface area contributed by atoms with E-state index in [0.29, 0.717) is 31.1 Å². The van der Waals surface area contributed by atoms with Gasteiger partial charge in [0.05, 0.1) is 13.7 Å². The third-order valence-electron chi connectivity index (χ3n) is 3.88. The third-order valence-corrected chi connectivity index (χ3v) is 3.88. The monoisotopic (exact) mass is 327 g/mol. The van der Waals surface area contributed by atoms with Crippen LogP contribution in [0.4, 0.5) is 0 Å². The fourth-order valence-corrected chi connectivity index (χ4v) is 2.43. The van der Waals surface area contributed by atoms with Gasteiger partial charge in [-0.25, -0.2) is 0 Å². The topological polar surface area (TPSA) is 38.8 Å². The van der Waals surface area contributed by atoms with Crippen molar-refractivity contribution in [1.29, 1.82) is 0 Å². The zero-order chi connectivity index (χ0) is 17.2. The van der Waals surface area contributed by atoms with Gasteiger partial charge in [-0.05, 0) is 30.5 Å². The molecule has 0 saturated heterocycles. The molecule has 24 heavy (non-hydrogen) atoms. The highest BCUT2D eigenvalue weighted by Crippen LogP contribution is 2.25. The number of para-hydroxylation sites is 2. The number of rotatable bonds is 9. The molecule has 0 bridgehead atoms. The molecule has 2 aromatic carbocycles. The Morgan fingerprint density at radius 2 is 1.67 bits per heavy atom. The van der Waals surface area contributed by atoms with Gasteiger partial charge in [0.2, 0.25) is 5.91 Å². The largest absolute Gasteiger partial charge is 0.493 e. The van der Waals surface area contributed by atoms with Crippen LogP contribution >= 0.6 is 0 Å². The lowest BCUT2D eigenvalue weighted by Gasteiger charge is -2.18. The standard InChI is InChI=1S/C20H25NO3/c1-21(15-16-24-19-13-7-6-12-18(19)23-2)20(22)14-8-11-17-9-4-3-5-10-17/h3-7,9-10,12-13H,8,11,14-16H2,1-2H3. The summed E-state index contributed by atoms with van der Waals surface area (Å²) in [6, 6.07) is 17.8. The fraction of sp³-hybridized carbons (Fsp3) is 0.350. The SMILES string of the molecule is COc1ccccc1OCCN(C)C(=O)CCCc1ccccc1. The average Bonchev–Trinajstić information content (AvgIpc) is 2.62. The van der Waals surface area contributed by atoms with Crippen molar-refractivity contribution in [2.75, 3.05) is 27.3 Å². The summed E-state index contributed by atoms with van der Waals surface area (Å²) in [6.07, 6.45) is 2.35. The minimum absolute atomic E-state index is 0.148. The molecule has 0 spiro atoms. The molecule has 0 atom stereocenters. The number of likely N-dealkylation sites (N-methyl/N-ethyl adjacent to an activating group) is 1. The van der Waals surface area contributed by atoms with E-state index in [-0.39, 0.29) is 5.91 Å². The quantitative estimate of drug-likeness (QED) is 0.707. The Kier molecular flexibility index (Phi) is 7.15. The van der Waals surface area contributed by atoms with Crippen molar-refractivity contribution >= 4 is 5.91 Å². The number of benzene rings is 2. The predicted octanol–water partition coefficient (Wildman–Crippen LogP) is 3.56. The molecule has 2 rings (SSSR count). The summed E-state index contributed by atoms with van der Waals surface area (Å²) >= 11 is 0. The lowest BCUT2D eigenvalue weighted by Crippen LogP contribution is -2.30. The van der Waals surface area contributed by atoms with Crippen molar-refractivity contribution in [1.82, 2.24) is 4.90 Å². The number of aryl methyl sites for hydroxylation is 1. The Bertz CT molecular complexity index is 628. The molecule has 0 unspecified atom stereocenters. The molecule has 128 valence electrons. The molecule has 0 N–H and O–H groups in total. The highest BCUT2D eigenvalue weighted by Gasteiger charge is 2.09. The maximum Gasteiger partial charge on any atom is 0.222 e. The lowest BCUT2D eigenvalue weighted by molar-refractivity contribution is -0.130. The molecule has 0 radical (unpaired) electrons. The van der Waals surface area contributed by atoms with Crippen LogP contribution in [0.1, 0.15) is 18.4 Å². The number of methoxy groups -OCH3 is 1. The molecule has 4 nitrogen and oxygen atoms in total. The first-order valence-corrected chi connectivity index (χ1v) is 8.24. The highest BCUT2D eigenvalue weighted by molar-refractivity contribution is 5.75. The number of amides is 1. The van der Waals surface area contributed by atoms with Crippen molar-refractivity contribution in [3.8, 4) is 11.5 Å². The Labute approximate surface area is 144 Å². The maximum atomic E-state index is 12.1. The van der Waals surface area contributed by atoms with Crippen LogP contribution < -0.4 is 9.47 Å². The number of ether oxygens (including phenoxy) is 2. The van der Waals surface area contributed by atoms with Gasteiger partial charge in [0, 0.05) is 13.5 Å². The Hall–Kier alpha value is -2.49.